The Hall–Kier alpha value is -2.59. The average molecular weight is 669 g/mol. The second-order valence-corrected chi connectivity index (χ2v) is 16.6. The molecule has 7 rings (SSSR count). The summed E-state index contributed by atoms with van der Waals surface area (Å²) in [6.45, 7) is 4.42. The number of anilines is 1. The van der Waals surface area contributed by atoms with Gasteiger partial charge >= 0.3 is 0 Å². The molecule has 2 aromatic carbocycles. The molecule has 8 nitrogen and oxygen atoms in total. The number of benzene rings is 2. The number of aliphatic hydroxyl groups excluding tert-OH is 1. The Balaban J connectivity index is 1.27. The van der Waals surface area contributed by atoms with Crippen molar-refractivity contribution >= 4 is 33.2 Å². The van der Waals surface area contributed by atoms with Crippen LogP contribution in [-0.4, -0.2) is 63.2 Å². The van der Waals surface area contributed by atoms with Crippen molar-refractivity contribution in [3.8, 4) is 5.75 Å². The number of allylic oxidation sites excluding steroid dienone is 1. The summed E-state index contributed by atoms with van der Waals surface area (Å²) < 4.78 is 42.5. The molecule has 7 atom stereocenters. The van der Waals surface area contributed by atoms with Gasteiger partial charge in [0.05, 0.1) is 29.8 Å². The number of carbonyl (C=O) groups excluding carboxylic acids is 1. The van der Waals surface area contributed by atoms with Gasteiger partial charge in [0.15, 0.2) is 0 Å². The van der Waals surface area contributed by atoms with Crippen LogP contribution in [-0.2, 0) is 26.6 Å². The van der Waals surface area contributed by atoms with Gasteiger partial charge in [-0.2, -0.15) is 0 Å². The van der Waals surface area contributed by atoms with E-state index in [1.165, 1.54) is 11.1 Å². The highest BCUT2D eigenvalue weighted by Crippen LogP contribution is 2.47. The lowest BCUT2D eigenvalue weighted by Gasteiger charge is -2.45. The van der Waals surface area contributed by atoms with E-state index < -0.39 is 27.3 Å². The van der Waals surface area contributed by atoms with Crippen LogP contribution in [0.3, 0.4) is 0 Å². The molecular formula is C36H45ClN2O6S. The lowest BCUT2D eigenvalue weighted by Crippen LogP contribution is -2.49. The van der Waals surface area contributed by atoms with Crippen LogP contribution in [0.2, 0.25) is 5.02 Å². The fourth-order valence-corrected chi connectivity index (χ4v) is 10.5. The molecule has 248 valence electrons. The van der Waals surface area contributed by atoms with E-state index in [0.29, 0.717) is 44.9 Å². The van der Waals surface area contributed by atoms with Crippen LogP contribution < -0.4 is 14.4 Å². The highest BCUT2D eigenvalue weighted by atomic mass is 35.5. The third kappa shape index (κ3) is 6.20. The molecule has 3 heterocycles. The first-order valence-electron chi connectivity index (χ1n) is 16.9. The molecule has 2 fully saturated rings. The van der Waals surface area contributed by atoms with Gasteiger partial charge in [0, 0.05) is 35.7 Å². The lowest BCUT2D eigenvalue weighted by atomic mass is 9.68. The van der Waals surface area contributed by atoms with Gasteiger partial charge in [-0.15, -0.1) is 0 Å². The predicted molar refractivity (Wildman–Crippen MR) is 179 cm³/mol. The molecule has 2 bridgehead atoms. The number of nitrogens with zero attached hydrogens (tertiary/aromatic N) is 1. The number of hydrogen-bond donors (Lipinski definition) is 2. The topological polar surface area (TPSA) is 105 Å². The Labute approximate surface area is 277 Å². The average Bonchev–Trinajstić information content (AvgIpc) is 3.47. The van der Waals surface area contributed by atoms with Crippen molar-refractivity contribution in [3.63, 3.8) is 0 Å². The number of aryl methyl sites for hydroxylation is 1. The molecule has 46 heavy (non-hydrogen) atoms. The van der Waals surface area contributed by atoms with E-state index in [9.17, 15) is 18.3 Å². The van der Waals surface area contributed by atoms with Gasteiger partial charge in [0.2, 0.25) is 10.0 Å². The molecular weight excluding hydrogens is 624 g/mol. The summed E-state index contributed by atoms with van der Waals surface area (Å²) in [5.41, 5.74) is 3.31. The number of halogens is 1. The maximum absolute atomic E-state index is 13.9. The third-order valence-corrected chi connectivity index (χ3v) is 13.5. The van der Waals surface area contributed by atoms with Gasteiger partial charge in [0.25, 0.3) is 5.91 Å². The minimum absolute atomic E-state index is 0.110. The van der Waals surface area contributed by atoms with Crippen molar-refractivity contribution in [2.24, 2.45) is 17.8 Å². The Morgan fingerprint density at radius 3 is 2.78 bits per heavy atom. The van der Waals surface area contributed by atoms with Gasteiger partial charge < -0.3 is 19.5 Å². The van der Waals surface area contributed by atoms with E-state index in [1.807, 2.05) is 25.1 Å². The maximum atomic E-state index is 13.9. The van der Waals surface area contributed by atoms with Gasteiger partial charge in [0.1, 0.15) is 5.75 Å². The number of fused-ring (bicyclic) bond motifs is 4. The predicted octanol–water partition coefficient (Wildman–Crippen LogP) is 5.79. The molecule has 1 saturated carbocycles. The molecule has 0 unspecified atom stereocenters. The fourth-order valence-electron chi connectivity index (χ4n) is 8.55. The van der Waals surface area contributed by atoms with Crippen molar-refractivity contribution in [2.75, 3.05) is 31.2 Å². The number of sulfonamides is 1. The van der Waals surface area contributed by atoms with E-state index in [1.54, 1.807) is 18.2 Å². The number of aliphatic hydroxyl groups is 1. The number of amides is 1. The largest absolute Gasteiger partial charge is 0.490 e. The molecule has 1 saturated heterocycles. The summed E-state index contributed by atoms with van der Waals surface area (Å²) in [4.78, 5) is 16.0. The molecule has 2 aliphatic carbocycles. The first-order valence-corrected chi connectivity index (χ1v) is 18.9. The maximum Gasteiger partial charge on any atom is 0.264 e. The van der Waals surface area contributed by atoms with E-state index in [2.05, 4.69) is 21.8 Å². The number of nitrogens with one attached hydrogen (secondary N) is 1. The van der Waals surface area contributed by atoms with Crippen LogP contribution in [0.1, 0.15) is 79.8 Å². The van der Waals surface area contributed by atoms with Crippen LogP contribution in [0.15, 0.2) is 48.6 Å². The van der Waals surface area contributed by atoms with Crippen molar-refractivity contribution in [1.82, 2.24) is 4.72 Å². The summed E-state index contributed by atoms with van der Waals surface area (Å²) in [5.74, 6) is 0.149. The number of hydrogen-bond acceptors (Lipinski definition) is 7. The molecule has 1 spiro atoms. The van der Waals surface area contributed by atoms with Gasteiger partial charge in [-0.05, 0) is 117 Å². The van der Waals surface area contributed by atoms with E-state index in [-0.39, 0.29) is 34.8 Å². The Morgan fingerprint density at radius 2 is 2.00 bits per heavy atom. The smallest absolute Gasteiger partial charge is 0.264 e. The molecule has 3 aliphatic heterocycles. The number of carbonyl (C=O) groups is 1. The molecule has 5 aliphatic rings. The molecule has 2 aromatic rings. The van der Waals surface area contributed by atoms with E-state index >= 15 is 0 Å². The van der Waals surface area contributed by atoms with Crippen LogP contribution in [0.5, 0.6) is 5.75 Å². The Bertz CT molecular complexity index is 1610. The van der Waals surface area contributed by atoms with Gasteiger partial charge in [-0.3, -0.25) is 4.79 Å². The van der Waals surface area contributed by atoms with Crippen LogP contribution in [0, 0.1) is 17.8 Å². The third-order valence-electron chi connectivity index (χ3n) is 11.3. The second-order valence-electron chi connectivity index (χ2n) is 14.3. The summed E-state index contributed by atoms with van der Waals surface area (Å²) >= 11 is 6.41. The molecule has 0 aromatic heterocycles. The zero-order chi connectivity index (χ0) is 32.1. The zero-order valence-electron chi connectivity index (χ0n) is 26.5. The highest BCUT2D eigenvalue weighted by molar-refractivity contribution is 7.90. The molecule has 10 heteroatoms. The summed E-state index contributed by atoms with van der Waals surface area (Å²) in [6.07, 6.45) is 10.4. The SMILES string of the molecule is C[C@H]1C/C=C/[C@H](O)[C@@H]2CC[C@H]2CN2C[C@@]3(CCCc4cc(Cl)ccc43)COc3ccc(cc32)C(=O)NS(=O)(=O)[C@@H]1C[C@@H]1CCCO1. The summed E-state index contributed by atoms with van der Waals surface area (Å²) in [6, 6.07) is 11.4. The van der Waals surface area contributed by atoms with Crippen LogP contribution >= 0.6 is 11.6 Å². The van der Waals surface area contributed by atoms with Crippen molar-refractivity contribution in [2.45, 2.75) is 87.6 Å². The quantitative estimate of drug-likeness (QED) is 0.390. The molecule has 2 N–H and O–H groups in total. The second kappa shape index (κ2) is 12.8. The normalized spacial score (nSPS) is 34.8. The van der Waals surface area contributed by atoms with Crippen LogP contribution in [0.4, 0.5) is 5.69 Å². The lowest BCUT2D eigenvalue weighted by molar-refractivity contribution is 0.0455. The first-order chi connectivity index (χ1) is 22.1. The molecule has 0 radical (unpaired) electrons. The highest BCUT2D eigenvalue weighted by Gasteiger charge is 2.44. The van der Waals surface area contributed by atoms with E-state index in [0.717, 1.165) is 55.7 Å². The standard InChI is InChI=1S/C36H45ClN2O6S/c1-23-5-2-8-32(40)29-12-9-26(29)20-39-21-36(15-3-6-24-17-27(37)11-13-30(24)36)22-45-33-14-10-25(18-31(33)39)35(41)38-46(42,43)34(23)19-28-7-4-16-44-28/h2,8,10-11,13-14,17-18,23,26,28-29,32,34,40H,3-7,9,12,15-16,19-22H2,1H3,(H,38,41)/b8-2+/t23-,26-,28-,29+,32-,34+,36-/m0/s1. The summed E-state index contributed by atoms with van der Waals surface area (Å²) in [5, 5.41) is 11.2. The molecule has 1 amide bonds. The monoisotopic (exact) mass is 668 g/mol. The Kier molecular flexibility index (Phi) is 8.89. The minimum atomic E-state index is -4.04. The first kappa shape index (κ1) is 32.0. The van der Waals surface area contributed by atoms with Gasteiger partial charge in [-0.1, -0.05) is 36.7 Å². The number of rotatable bonds is 2. The van der Waals surface area contributed by atoms with Gasteiger partial charge in [-0.25, -0.2) is 13.1 Å². The Morgan fingerprint density at radius 1 is 1.13 bits per heavy atom. The zero-order valence-corrected chi connectivity index (χ0v) is 28.1. The van der Waals surface area contributed by atoms with Crippen molar-refractivity contribution in [1.29, 1.82) is 0 Å². The fraction of sp³-hybridized carbons (Fsp3) is 0.583. The van der Waals surface area contributed by atoms with Crippen molar-refractivity contribution < 1.29 is 27.8 Å². The van der Waals surface area contributed by atoms with E-state index in [4.69, 9.17) is 21.1 Å². The van der Waals surface area contributed by atoms with Crippen molar-refractivity contribution in [3.05, 3.63) is 70.3 Å². The minimum Gasteiger partial charge on any atom is -0.490 e. The van der Waals surface area contributed by atoms with Crippen LogP contribution in [0.25, 0.3) is 0 Å². The summed E-state index contributed by atoms with van der Waals surface area (Å²) in [7, 11) is -4.04. The number of ether oxygens (including phenoxy) is 2.